The zero-order valence-electron chi connectivity index (χ0n) is 18.5. The Kier molecular flexibility index (Phi) is 7.87. The Morgan fingerprint density at radius 2 is 1.59 bits per heavy atom. The maximum atomic E-state index is 12.5. The predicted octanol–water partition coefficient (Wildman–Crippen LogP) is 3.92. The first-order chi connectivity index (χ1) is 15.4. The molecule has 7 nitrogen and oxygen atoms in total. The summed E-state index contributed by atoms with van der Waals surface area (Å²) in [6.45, 7) is 4.35. The van der Waals surface area contributed by atoms with Crippen molar-refractivity contribution < 1.29 is 24.2 Å². The Balaban J connectivity index is 1.54. The second-order valence-electron chi connectivity index (χ2n) is 8.37. The highest BCUT2D eigenvalue weighted by Gasteiger charge is 2.29. The maximum absolute atomic E-state index is 12.5. The normalized spacial score (nSPS) is 13.2. The lowest BCUT2D eigenvalue weighted by molar-refractivity contribution is -0.137. The standard InChI is InChI=1S/C25H30N2O5/c1-16(2)22(14-23(28)26-13-7-12-24(29)30)27-25(31)32-15-21-19-10-5-3-8-17(19)18-9-4-6-11-20(18)21/h3-6,8-11,16,21-22H,7,12-15H2,1-2H3,(H,26,28)(H,27,31)(H,29,30). The van der Waals surface area contributed by atoms with E-state index in [-0.39, 0.29) is 43.2 Å². The van der Waals surface area contributed by atoms with E-state index in [0.29, 0.717) is 13.0 Å². The van der Waals surface area contributed by atoms with Crippen LogP contribution in [0.3, 0.4) is 0 Å². The van der Waals surface area contributed by atoms with Crippen molar-refractivity contribution in [3.8, 4) is 11.1 Å². The maximum Gasteiger partial charge on any atom is 0.407 e. The summed E-state index contributed by atoms with van der Waals surface area (Å²) in [5, 5.41) is 14.2. The largest absolute Gasteiger partial charge is 0.481 e. The van der Waals surface area contributed by atoms with Crippen LogP contribution in [0.15, 0.2) is 48.5 Å². The van der Waals surface area contributed by atoms with Crippen LogP contribution in [0.1, 0.15) is 50.2 Å². The average molecular weight is 439 g/mol. The number of nitrogens with one attached hydrogen (secondary N) is 2. The Morgan fingerprint density at radius 3 is 2.16 bits per heavy atom. The lowest BCUT2D eigenvalue weighted by Crippen LogP contribution is -2.43. The van der Waals surface area contributed by atoms with Gasteiger partial charge in [0.25, 0.3) is 0 Å². The fourth-order valence-corrected chi connectivity index (χ4v) is 3.98. The summed E-state index contributed by atoms with van der Waals surface area (Å²) in [4.78, 5) is 35.3. The molecule has 2 aromatic carbocycles. The second-order valence-corrected chi connectivity index (χ2v) is 8.37. The van der Waals surface area contributed by atoms with Gasteiger partial charge >= 0.3 is 12.1 Å². The molecule has 0 aromatic heterocycles. The first-order valence-corrected chi connectivity index (χ1v) is 11.0. The smallest absolute Gasteiger partial charge is 0.407 e. The highest BCUT2D eigenvalue weighted by molar-refractivity contribution is 5.79. The molecule has 1 atom stereocenters. The van der Waals surface area contributed by atoms with Gasteiger partial charge in [0.1, 0.15) is 6.61 Å². The number of fused-ring (bicyclic) bond motifs is 3. The number of carboxylic acids is 1. The molecule has 0 saturated carbocycles. The molecular weight excluding hydrogens is 408 g/mol. The minimum Gasteiger partial charge on any atom is -0.481 e. The fourth-order valence-electron chi connectivity index (χ4n) is 3.98. The third-order valence-corrected chi connectivity index (χ3v) is 5.75. The molecule has 32 heavy (non-hydrogen) atoms. The van der Waals surface area contributed by atoms with Crippen molar-refractivity contribution in [2.45, 2.75) is 45.1 Å². The number of hydrogen-bond acceptors (Lipinski definition) is 4. The molecule has 170 valence electrons. The van der Waals surface area contributed by atoms with Gasteiger partial charge in [-0.3, -0.25) is 9.59 Å². The molecule has 0 bridgehead atoms. The molecule has 1 aliphatic rings. The summed E-state index contributed by atoms with van der Waals surface area (Å²) < 4.78 is 5.58. The monoisotopic (exact) mass is 438 g/mol. The van der Waals surface area contributed by atoms with Crippen molar-refractivity contribution in [2.24, 2.45) is 5.92 Å². The highest BCUT2D eigenvalue weighted by Crippen LogP contribution is 2.44. The molecule has 7 heteroatoms. The van der Waals surface area contributed by atoms with Crippen molar-refractivity contribution in [2.75, 3.05) is 13.2 Å². The van der Waals surface area contributed by atoms with Crippen LogP contribution in [0.4, 0.5) is 4.79 Å². The Morgan fingerprint density at radius 1 is 1.00 bits per heavy atom. The van der Waals surface area contributed by atoms with Gasteiger partial charge in [-0.1, -0.05) is 62.4 Å². The Labute approximate surface area is 188 Å². The molecular formula is C25H30N2O5. The summed E-state index contributed by atoms with van der Waals surface area (Å²) >= 11 is 0. The van der Waals surface area contributed by atoms with Gasteiger partial charge in [0.2, 0.25) is 5.91 Å². The molecule has 1 aliphatic carbocycles. The molecule has 3 N–H and O–H groups in total. The van der Waals surface area contributed by atoms with Crippen LogP contribution >= 0.6 is 0 Å². The van der Waals surface area contributed by atoms with E-state index in [2.05, 4.69) is 34.9 Å². The minimum atomic E-state index is -0.892. The number of benzene rings is 2. The Bertz CT molecular complexity index is 927. The van der Waals surface area contributed by atoms with Crippen LogP contribution in [-0.2, 0) is 14.3 Å². The molecule has 0 saturated heterocycles. The third-order valence-electron chi connectivity index (χ3n) is 5.75. The van der Waals surface area contributed by atoms with Gasteiger partial charge in [-0.05, 0) is 34.6 Å². The molecule has 0 spiro atoms. The van der Waals surface area contributed by atoms with Gasteiger partial charge in [-0.2, -0.15) is 0 Å². The first-order valence-electron chi connectivity index (χ1n) is 11.0. The molecule has 0 radical (unpaired) electrons. The van der Waals surface area contributed by atoms with E-state index in [4.69, 9.17) is 9.84 Å². The van der Waals surface area contributed by atoms with Crippen molar-refractivity contribution >= 4 is 18.0 Å². The highest BCUT2D eigenvalue weighted by atomic mass is 16.5. The zero-order valence-corrected chi connectivity index (χ0v) is 18.5. The Hall–Kier alpha value is -3.35. The number of ether oxygens (including phenoxy) is 1. The summed E-state index contributed by atoms with van der Waals surface area (Å²) in [6.07, 6.45) is -0.0714. The van der Waals surface area contributed by atoms with E-state index in [1.807, 2.05) is 38.1 Å². The van der Waals surface area contributed by atoms with E-state index < -0.39 is 12.1 Å². The van der Waals surface area contributed by atoms with E-state index in [1.54, 1.807) is 0 Å². The zero-order chi connectivity index (χ0) is 23.1. The number of alkyl carbamates (subject to hydrolysis) is 1. The summed E-state index contributed by atoms with van der Waals surface area (Å²) in [5.74, 6) is -1.12. The van der Waals surface area contributed by atoms with E-state index in [0.717, 1.165) is 22.3 Å². The minimum absolute atomic E-state index is 0.00584. The van der Waals surface area contributed by atoms with E-state index in [1.165, 1.54) is 0 Å². The first kappa shape index (κ1) is 23.3. The van der Waals surface area contributed by atoms with Crippen LogP contribution in [0.5, 0.6) is 0 Å². The van der Waals surface area contributed by atoms with E-state index >= 15 is 0 Å². The number of carbonyl (C=O) groups excluding carboxylic acids is 2. The van der Waals surface area contributed by atoms with Gasteiger partial charge in [0.05, 0.1) is 0 Å². The van der Waals surface area contributed by atoms with Crippen LogP contribution < -0.4 is 10.6 Å². The van der Waals surface area contributed by atoms with Gasteiger partial charge in [0.15, 0.2) is 0 Å². The number of carboxylic acid groups (broad SMARTS) is 1. The number of carbonyl (C=O) groups is 3. The van der Waals surface area contributed by atoms with Crippen molar-refractivity contribution in [3.05, 3.63) is 59.7 Å². The SMILES string of the molecule is CC(C)C(CC(=O)NCCCC(=O)O)NC(=O)OCC1c2ccccc2-c2ccccc21. The van der Waals surface area contributed by atoms with Gasteiger partial charge in [-0.15, -0.1) is 0 Å². The summed E-state index contributed by atoms with van der Waals surface area (Å²) in [5.41, 5.74) is 4.61. The van der Waals surface area contributed by atoms with Gasteiger partial charge in [0, 0.05) is 31.3 Å². The molecule has 0 heterocycles. The van der Waals surface area contributed by atoms with Crippen molar-refractivity contribution in [1.82, 2.24) is 10.6 Å². The lowest BCUT2D eigenvalue weighted by atomic mass is 9.98. The lowest BCUT2D eigenvalue weighted by Gasteiger charge is -2.22. The van der Waals surface area contributed by atoms with Crippen LogP contribution in [0, 0.1) is 5.92 Å². The molecule has 0 aliphatic heterocycles. The summed E-state index contributed by atoms with van der Waals surface area (Å²) in [7, 11) is 0. The second kappa shape index (κ2) is 10.8. The third kappa shape index (κ3) is 5.87. The molecule has 2 aromatic rings. The quantitative estimate of drug-likeness (QED) is 0.488. The number of aliphatic carboxylic acids is 1. The van der Waals surface area contributed by atoms with Gasteiger partial charge < -0.3 is 20.5 Å². The molecule has 2 amide bonds. The predicted molar refractivity (Wildman–Crippen MR) is 121 cm³/mol. The average Bonchev–Trinajstić information content (AvgIpc) is 3.08. The van der Waals surface area contributed by atoms with Crippen LogP contribution in [-0.4, -0.2) is 42.3 Å². The van der Waals surface area contributed by atoms with Crippen molar-refractivity contribution in [3.63, 3.8) is 0 Å². The molecule has 0 fully saturated rings. The topological polar surface area (TPSA) is 105 Å². The molecule has 1 unspecified atom stereocenters. The number of amides is 2. The molecule has 3 rings (SSSR count). The van der Waals surface area contributed by atoms with Crippen LogP contribution in [0.25, 0.3) is 11.1 Å². The van der Waals surface area contributed by atoms with E-state index in [9.17, 15) is 14.4 Å². The number of rotatable bonds is 10. The summed E-state index contributed by atoms with van der Waals surface area (Å²) in [6, 6.07) is 15.9. The van der Waals surface area contributed by atoms with Crippen LogP contribution in [0.2, 0.25) is 0 Å². The number of hydrogen-bond donors (Lipinski definition) is 3. The van der Waals surface area contributed by atoms with Gasteiger partial charge in [-0.25, -0.2) is 4.79 Å². The van der Waals surface area contributed by atoms with Crippen molar-refractivity contribution in [1.29, 1.82) is 0 Å². The fraction of sp³-hybridized carbons (Fsp3) is 0.400.